The zero-order valence-electron chi connectivity index (χ0n) is 7.55. The molecule has 0 saturated heterocycles. The van der Waals surface area contributed by atoms with Crippen molar-refractivity contribution in [1.82, 2.24) is 0 Å². The van der Waals surface area contributed by atoms with Gasteiger partial charge in [0.25, 0.3) is 0 Å². The lowest BCUT2D eigenvalue weighted by Gasteiger charge is -2.13. The Morgan fingerprint density at radius 3 is 2.40 bits per heavy atom. The maximum absolute atomic E-state index is 12.6. The molecule has 0 spiro atoms. The quantitative estimate of drug-likeness (QED) is 0.881. The number of aliphatic hydroxyl groups is 1. The Morgan fingerprint density at radius 1 is 1.33 bits per heavy atom. The van der Waals surface area contributed by atoms with E-state index in [2.05, 4.69) is 15.9 Å². The molecule has 1 aromatic rings. The molecular weight excluding hydrogens is 273 g/mol. The first-order valence-electron chi connectivity index (χ1n) is 4.10. The molecule has 0 heterocycles. The number of benzene rings is 1. The van der Waals surface area contributed by atoms with Crippen LogP contribution in [0.3, 0.4) is 0 Å². The minimum absolute atomic E-state index is 0.0269. The molecule has 0 atom stereocenters. The minimum atomic E-state index is -4.47. The van der Waals surface area contributed by atoms with E-state index in [1.165, 1.54) is 18.2 Å². The standard InChI is InChI=1S/C10H8BrF3O/c11-9-4-2-1-3-7(9)8(5-6-15)10(12,13)14/h1-5,15H,6H2/b8-5+. The summed E-state index contributed by atoms with van der Waals surface area (Å²) in [5.74, 6) is 0. The maximum atomic E-state index is 12.6. The lowest BCUT2D eigenvalue weighted by atomic mass is 10.1. The zero-order valence-corrected chi connectivity index (χ0v) is 9.14. The van der Waals surface area contributed by atoms with E-state index < -0.39 is 18.4 Å². The van der Waals surface area contributed by atoms with Crippen molar-refractivity contribution in [2.45, 2.75) is 6.18 Å². The third kappa shape index (κ3) is 3.07. The molecule has 0 aromatic heterocycles. The smallest absolute Gasteiger partial charge is 0.392 e. The van der Waals surface area contributed by atoms with Crippen molar-refractivity contribution in [2.75, 3.05) is 6.61 Å². The largest absolute Gasteiger partial charge is 0.416 e. The number of hydrogen-bond donors (Lipinski definition) is 1. The van der Waals surface area contributed by atoms with Gasteiger partial charge in [-0.25, -0.2) is 0 Å². The molecule has 0 saturated carbocycles. The van der Waals surface area contributed by atoms with Gasteiger partial charge in [0.1, 0.15) is 0 Å². The van der Waals surface area contributed by atoms with Gasteiger partial charge in [0.05, 0.1) is 12.2 Å². The molecule has 0 amide bonds. The second kappa shape index (κ2) is 4.81. The van der Waals surface area contributed by atoms with Crippen LogP contribution in [0.1, 0.15) is 5.56 Å². The average molecular weight is 281 g/mol. The molecule has 0 bridgehead atoms. The highest BCUT2D eigenvalue weighted by molar-refractivity contribution is 9.10. The summed E-state index contributed by atoms with van der Waals surface area (Å²) in [7, 11) is 0. The Kier molecular flexibility index (Phi) is 3.93. The third-order valence-corrected chi connectivity index (χ3v) is 2.46. The molecule has 1 nitrogen and oxygen atoms in total. The Balaban J connectivity index is 3.24. The second-order valence-electron chi connectivity index (χ2n) is 2.78. The van der Waals surface area contributed by atoms with Gasteiger partial charge in [-0.05, 0) is 12.1 Å². The predicted octanol–water partition coefficient (Wildman–Crippen LogP) is 3.39. The van der Waals surface area contributed by atoms with E-state index >= 15 is 0 Å². The van der Waals surface area contributed by atoms with Crippen LogP contribution in [0.15, 0.2) is 34.8 Å². The van der Waals surface area contributed by atoms with E-state index in [1.807, 2.05) is 0 Å². The molecule has 0 radical (unpaired) electrons. The van der Waals surface area contributed by atoms with Gasteiger partial charge in [-0.1, -0.05) is 34.1 Å². The summed E-state index contributed by atoms with van der Waals surface area (Å²) in [5, 5.41) is 8.56. The SMILES string of the molecule is OC/C=C(\c1ccccc1Br)C(F)(F)F. The van der Waals surface area contributed by atoms with Gasteiger partial charge in [0.2, 0.25) is 0 Å². The summed E-state index contributed by atoms with van der Waals surface area (Å²) in [6, 6.07) is 6.00. The summed E-state index contributed by atoms with van der Waals surface area (Å²) in [6.45, 7) is -0.643. The summed E-state index contributed by atoms with van der Waals surface area (Å²) in [5.41, 5.74) is -0.809. The van der Waals surface area contributed by atoms with Crippen molar-refractivity contribution in [3.05, 3.63) is 40.4 Å². The summed E-state index contributed by atoms with van der Waals surface area (Å²) < 4.78 is 38.1. The Labute approximate surface area is 93.4 Å². The first-order valence-corrected chi connectivity index (χ1v) is 4.89. The Morgan fingerprint density at radius 2 is 1.93 bits per heavy atom. The Bertz CT molecular complexity index is 371. The van der Waals surface area contributed by atoms with Crippen LogP contribution >= 0.6 is 15.9 Å². The van der Waals surface area contributed by atoms with E-state index in [1.54, 1.807) is 6.07 Å². The van der Waals surface area contributed by atoms with E-state index in [-0.39, 0.29) is 5.56 Å². The van der Waals surface area contributed by atoms with Crippen LogP contribution in [-0.4, -0.2) is 17.9 Å². The van der Waals surface area contributed by atoms with Crippen molar-refractivity contribution in [3.63, 3.8) is 0 Å². The number of alkyl halides is 3. The highest BCUT2D eigenvalue weighted by Gasteiger charge is 2.35. The van der Waals surface area contributed by atoms with Gasteiger partial charge in [-0.3, -0.25) is 0 Å². The van der Waals surface area contributed by atoms with Gasteiger partial charge in [-0.2, -0.15) is 13.2 Å². The van der Waals surface area contributed by atoms with E-state index in [9.17, 15) is 13.2 Å². The molecule has 1 rings (SSSR count). The minimum Gasteiger partial charge on any atom is -0.392 e. The molecule has 5 heteroatoms. The monoisotopic (exact) mass is 280 g/mol. The van der Waals surface area contributed by atoms with Crippen molar-refractivity contribution >= 4 is 21.5 Å². The van der Waals surface area contributed by atoms with Crippen LogP contribution in [0.2, 0.25) is 0 Å². The molecule has 0 aliphatic heterocycles. The molecule has 0 aliphatic rings. The fourth-order valence-electron chi connectivity index (χ4n) is 1.15. The van der Waals surface area contributed by atoms with Crippen LogP contribution < -0.4 is 0 Å². The lowest BCUT2D eigenvalue weighted by Crippen LogP contribution is -2.11. The molecule has 15 heavy (non-hydrogen) atoms. The first kappa shape index (κ1) is 12.3. The van der Waals surface area contributed by atoms with Crippen molar-refractivity contribution in [2.24, 2.45) is 0 Å². The van der Waals surface area contributed by atoms with Gasteiger partial charge in [0, 0.05) is 10.0 Å². The molecular formula is C10H8BrF3O. The van der Waals surface area contributed by atoms with Gasteiger partial charge in [0.15, 0.2) is 0 Å². The van der Waals surface area contributed by atoms with Gasteiger partial charge in [-0.15, -0.1) is 0 Å². The van der Waals surface area contributed by atoms with Gasteiger partial charge < -0.3 is 5.11 Å². The fraction of sp³-hybridized carbons (Fsp3) is 0.200. The highest BCUT2D eigenvalue weighted by atomic mass is 79.9. The molecule has 82 valence electrons. The number of rotatable bonds is 2. The molecule has 1 N–H and O–H groups in total. The van der Waals surface area contributed by atoms with Crippen LogP contribution in [0.5, 0.6) is 0 Å². The van der Waals surface area contributed by atoms with Crippen molar-refractivity contribution < 1.29 is 18.3 Å². The van der Waals surface area contributed by atoms with Gasteiger partial charge >= 0.3 is 6.18 Å². The first-order chi connectivity index (χ1) is 6.96. The topological polar surface area (TPSA) is 20.2 Å². The highest BCUT2D eigenvalue weighted by Crippen LogP contribution is 2.36. The number of halogens is 4. The van der Waals surface area contributed by atoms with E-state index in [4.69, 9.17) is 5.11 Å². The summed E-state index contributed by atoms with van der Waals surface area (Å²) in [4.78, 5) is 0. The van der Waals surface area contributed by atoms with E-state index in [0.717, 1.165) is 6.08 Å². The van der Waals surface area contributed by atoms with Crippen LogP contribution in [0.4, 0.5) is 13.2 Å². The molecule has 0 fully saturated rings. The summed E-state index contributed by atoms with van der Waals surface area (Å²) in [6.07, 6.45) is -3.72. The zero-order chi connectivity index (χ0) is 11.5. The Hall–Kier alpha value is -0.810. The molecule has 1 aromatic carbocycles. The van der Waals surface area contributed by atoms with Crippen LogP contribution in [0.25, 0.3) is 5.57 Å². The maximum Gasteiger partial charge on any atom is 0.416 e. The number of hydrogen-bond acceptors (Lipinski definition) is 1. The lowest BCUT2D eigenvalue weighted by molar-refractivity contribution is -0.0692. The van der Waals surface area contributed by atoms with E-state index in [0.29, 0.717) is 4.47 Å². The normalized spacial score (nSPS) is 13.0. The van der Waals surface area contributed by atoms with Crippen molar-refractivity contribution in [3.8, 4) is 0 Å². The number of allylic oxidation sites excluding steroid dienone is 1. The molecule has 0 unspecified atom stereocenters. The van der Waals surface area contributed by atoms with Crippen molar-refractivity contribution in [1.29, 1.82) is 0 Å². The third-order valence-electron chi connectivity index (χ3n) is 1.76. The average Bonchev–Trinajstić information content (AvgIpc) is 2.14. The predicted molar refractivity (Wildman–Crippen MR) is 55.3 cm³/mol. The number of aliphatic hydroxyl groups excluding tert-OH is 1. The molecule has 0 aliphatic carbocycles. The second-order valence-corrected chi connectivity index (χ2v) is 3.63. The summed E-state index contributed by atoms with van der Waals surface area (Å²) >= 11 is 3.04. The van der Waals surface area contributed by atoms with Crippen LogP contribution in [0, 0.1) is 0 Å². The van der Waals surface area contributed by atoms with Crippen LogP contribution in [-0.2, 0) is 0 Å². The fourth-order valence-corrected chi connectivity index (χ4v) is 1.65.